The molecule has 132 valence electrons. The number of furan rings is 1. The van der Waals surface area contributed by atoms with Crippen LogP contribution in [0.15, 0.2) is 52.1 Å². The Morgan fingerprint density at radius 3 is 2.69 bits per heavy atom. The van der Waals surface area contributed by atoms with Crippen LogP contribution in [0.2, 0.25) is 0 Å². The lowest BCUT2D eigenvalue weighted by atomic mass is 9.99. The van der Waals surface area contributed by atoms with Gasteiger partial charge in [0.15, 0.2) is 11.6 Å². The first-order chi connectivity index (χ1) is 12.7. The number of benzene rings is 1. The lowest BCUT2D eigenvalue weighted by Gasteiger charge is -2.29. The van der Waals surface area contributed by atoms with Gasteiger partial charge in [-0.25, -0.2) is 9.97 Å². The van der Waals surface area contributed by atoms with Crippen molar-refractivity contribution in [2.24, 2.45) is 0 Å². The van der Waals surface area contributed by atoms with Crippen molar-refractivity contribution < 1.29 is 9.21 Å². The molecule has 0 atom stereocenters. The number of fused-ring (bicyclic) bond motifs is 1. The van der Waals surface area contributed by atoms with Crippen LogP contribution in [-0.2, 0) is 13.0 Å². The van der Waals surface area contributed by atoms with Crippen LogP contribution in [0.4, 0.5) is 0 Å². The maximum atomic E-state index is 13.2. The molecule has 0 saturated heterocycles. The van der Waals surface area contributed by atoms with Crippen LogP contribution >= 0.6 is 11.8 Å². The van der Waals surface area contributed by atoms with Crippen molar-refractivity contribution in [2.75, 3.05) is 12.8 Å². The minimum absolute atomic E-state index is 0.00709. The molecule has 0 bridgehead atoms. The van der Waals surface area contributed by atoms with E-state index in [2.05, 4.69) is 22.1 Å². The third-order valence-electron chi connectivity index (χ3n) is 4.62. The number of nitrogens with zero attached hydrogens (tertiary/aromatic N) is 3. The van der Waals surface area contributed by atoms with Crippen LogP contribution in [0.25, 0.3) is 11.6 Å². The fourth-order valence-corrected chi connectivity index (χ4v) is 3.90. The molecular weight excluding hydrogens is 346 g/mol. The molecule has 0 spiro atoms. The molecular formula is C20H19N3O2S. The van der Waals surface area contributed by atoms with Gasteiger partial charge >= 0.3 is 0 Å². The fourth-order valence-electron chi connectivity index (χ4n) is 3.28. The van der Waals surface area contributed by atoms with E-state index < -0.39 is 0 Å². The first-order valence-corrected chi connectivity index (χ1v) is 9.72. The molecule has 1 aliphatic rings. The lowest BCUT2D eigenvalue weighted by Crippen LogP contribution is -2.36. The van der Waals surface area contributed by atoms with Gasteiger partial charge in [-0.05, 0) is 42.9 Å². The van der Waals surface area contributed by atoms with Gasteiger partial charge in [0.2, 0.25) is 0 Å². The summed E-state index contributed by atoms with van der Waals surface area (Å²) in [6.45, 7) is 3.20. The Kier molecular flexibility index (Phi) is 4.51. The smallest absolute Gasteiger partial charge is 0.258 e. The Hall–Kier alpha value is -2.60. The highest BCUT2D eigenvalue weighted by Crippen LogP contribution is 2.28. The molecule has 1 aromatic carbocycles. The number of hydrogen-bond donors (Lipinski definition) is 0. The summed E-state index contributed by atoms with van der Waals surface area (Å²) in [5.74, 6) is 1.11. The topological polar surface area (TPSA) is 59.2 Å². The van der Waals surface area contributed by atoms with Crippen molar-refractivity contribution in [2.45, 2.75) is 24.9 Å². The summed E-state index contributed by atoms with van der Waals surface area (Å²) in [7, 11) is 0. The summed E-state index contributed by atoms with van der Waals surface area (Å²) in [5, 5.41) is 0.688. The molecule has 3 aromatic rings. The van der Waals surface area contributed by atoms with E-state index in [1.807, 2.05) is 36.3 Å². The molecule has 3 heterocycles. The molecule has 0 aliphatic carbocycles. The number of aryl methyl sites for hydroxylation is 1. The van der Waals surface area contributed by atoms with Crippen molar-refractivity contribution >= 4 is 17.7 Å². The zero-order valence-corrected chi connectivity index (χ0v) is 15.5. The SMILES string of the molecule is CSc1nc(-c2ccco2)nc(C)c1C(=O)N1CCc2ccccc2C1. The molecule has 0 N–H and O–H groups in total. The average Bonchev–Trinajstić information content (AvgIpc) is 3.21. The second kappa shape index (κ2) is 6.96. The highest BCUT2D eigenvalue weighted by atomic mass is 32.2. The van der Waals surface area contributed by atoms with Gasteiger partial charge in [0.1, 0.15) is 5.03 Å². The zero-order valence-electron chi connectivity index (χ0n) is 14.7. The number of aromatic nitrogens is 2. The summed E-state index contributed by atoms with van der Waals surface area (Å²) in [5.41, 5.74) is 3.80. The maximum Gasteiger partial charge on any atom is 0.258 e. The molecule has 0 unspecified atom stereocenters. The van der Waals surface area contributed by atoms with Crippen molar-refractivity contribution in [1.82, 2.24) is 14.9 Å². The minimum Gasteiger partial charge on any atom is -0.461 e. The van der Waals surface area contributed by atoms with Gasteiger partial charge in [-0.3, -0.25) is 4.79 Å². The first-order valence-electron chi connectivity index (χ1n) is 8.50. The predicted molar refractivity (Wildman–Crippen MR) is 101 cm³/mol. The monoisotopic (exact) mass is 365 g/mol. The second-order valence-corrected chi connectivity index (χ2v) is 7.03. The Morgan fingerprint density at radius 1 is 1.15 bits per heavy atom. The molecule has 4 rings (SSSR count). The summed E-state index contributed by atoms with van der Waals surface area (Å²) in [6.07, 6.45) is 4.40. The first kappa shape index (κ1) is 16.8. The van der Waals surface area contributed by atoms with E-state index in [0.29, 0.717) is 41.0 Å². The third kappa shape index (κ3) is 3.01. The number of amides is 1. The number of carbonyl (C=O) groups excluding carboxylic acids is 1. The van der Waals surface area contributed by atoms with Crippen molar-refractivity contribution in [1.29, 1.82) is 0 Å². The Labute approximate surface area is 156 Å². The Bertz CT molecular complexity index is 954. The van der Waals surface area contributed by atoms with Crippen LogP contribution in [0.1, 0.15) is 27.2 Å². The standard InChI is InChI=1S/C20H19N3O2S/c1-13-17(19(26-2)22-18(21-13)16-8-5-11-25-16)20(24)23-10-9-14-6-3-4-7-15(14)12-23/h3-8,11H,9-10,12H2,1-2H3. The minimum atomic E-state index is -0.00709. The molecule has 2 aromatic heterocycles. The van der Waals surface area contributed by atoms with Crippen molar-refractivity contribution in [3.8, 4) is 11.6 Å². The highest BCUT2D eigenvalue weighted by Gasteiger charge is 2.27. The van der Waals surface area contributed by atoms with E-state index in [0.717, 1.165) is 6.42 Å². The second-order valence-electron chi connectivity index (χ2n) is 6.24. The van der Waals surface area contributed by atoms with E-state index in [4.69, 9.17) is 4.42 Å². The molecule has 26 heavy (non-hydrogen) atoms. The van der Waals surface area contributed by atoms with Gasteiger partial charge in [0.25, 0.3) is 5.91 Å². The van der Waals surface area contributed by atoms with E-state index in [1.165, 1.54) is 22.9 Å². The summed E-state index contributed by atoms with van der Waals surface area (Å²) in [6, 6.07) is 11.9. The van der Waals surface area contributed by atoms with Gasteiger partial charge in [0.05, 0.1) is 17.5 Å². The fraction of sp³-hybridized carbons (Fsp3) is 0.250. The van der Waals surface area contributed by atoms with Gasteiger partial charge in [-0.1, -0.05) is 24.3 Å². The Balaban J connectivity index is 1.68. The number of rotatable bonds is 3. The third-order valence-corrected chi connectivity index (χ3v) is 5.31. The molecule has 1 amide bonds. The summed E-state index contributed by atoms with van der Waals surface area (Å²) >= 11 is 1.46. The number of thioether (sulfide) groups is 1. The summed E-state index contributed by atoms with van der Waals surface area (Å²) < 4.78 is 5.40. The quantitative estimate of drug-likeness (QED) is 0.519. The van der Waals surface area contributed by atoms with Gasteiger partial charge in [-0.15, -0.1) is 11.8 Å². The van der Waals surface area contributed by atoms with Crippen LogP contribution in [0.5, 0.6) is 0 Å². The zero-order chi connectivity index (χ0) is 18.1. The Morgan fingerprint density at radius 2 is 1.96 bits per heavy atom. The van der Waals surface area contributed by atoms with Crippen LogP contribution < -0.4 is 0 Å². The molecule has 0 saturated carbocycles. The normalized spacial score (nSPS) is 13.5. The van der Waals surface area contributed by atoms with Gasteiger partial charge in [0, 0.05) is 13.1 Å². The predicted octanol–water partition coefficient (Wildman–Crippen LogP) is 3.97. The largest absolute Gasteiger partial charge is 0.461 e. The van der Waals surface area contributed by atoms with Crippen molar-refractivity contribution in [3.63, 3.8) is 0 Å². The van der Waals surface area contributed by atoms with E-state index in [-0.39, 0.29) is 5.91 Å². The van der Waals surface area contributed by atoms with Crippen molar-refractivity contribution in [3.05, 3.63) is 65.0 Å². The van der Waals surface area contributed by atoms with E-state index >= 15 is 0 Å². The summed E-state index contributed by atoms with van der Waals surface area (Å²) in [4.78, 5) is 24.2. The van der Waals surface area contributed by atoms with Gasteiger partial charge in [-0.2, -0.15) is 0 Å². The molecule has 0 fully saturated rings. The molecule has 5 nitrogen and oxygen atoms in total. The van der Waals surface area contributed by atoms with Crippen LogP contribution in [0.3, 0.4) is 0 Å². The van der Waals surface area contributed by atoms with E-state index in [9.17, 15) is 4.79 Å². The highest BCUT2D eigenvalue weighted by molar-refractivity contribution is 7.98. The average molecular weight is 365 g/mol. The molecule has 6 heteroatoms. The lowest BCUT2D eigenvalue weighted by molar-refractivity contribution is 0.0729. The van der Waals surface area contributed by atoms with Crippen LogP contribution in [0, 0.1) is 6.92 Å². The number of hydrogen-bond acceptors (Lipinski definition) is 5. The van der Waals surface area contributed by atoms with E-state index in [1.54, 1.807) is 12.3 Å². The molecule has 0 radical (unpaired) electrons. The molecule has 1 aliphatic heterocycles. The maximum absolute atomic E-state index is 13.2. The van der Waals surface area contributed by atoms with Gasteiger partial charge < -0.3 is 9.32 Å². The number of carbonyl (C=O) groups is 1. The van der Waals surface area contributed by atoms with Crippen LogP contribution in [-0.4, -0.2) is 33.6 Å².